The summed E-state index contributed by atoms with van der Waals surface area (Å²) in [5.74, 6) is 0.0342. The van der Waals surface area contributed by atoms with Gasteiger partial charge in [0.2, 0.25) is 5.91 Å². The number of hydrogen-bond donors (Lipinski definition) is 2. The number of rotatable bonds is 3. The van der Waals surface area contributed by atoms with Gasteiger partial charge in [0.05, 0.1) is 6.10 Å². The van der Waals surface area contributed by atoms with Gasteiger partial charge in [-0.2, -0.15) is 0 Å². The van der Waals surface area contributed by atoms with Crippen LogP contribution in [0.3, 0.4) is 0 Å². The van der Waals surface area contributed by atoms with Gasteiger partial charge in [-0.3, -0.25) is 4.79 Å². The number of benzene rings is 1. The fraction of sp³-hybridized carbons (Fsp3) is 0.562. The van der Waals surface area contributed by atoms with Crippen LogP contribution in [-0.2, 0) is 16.1 Å². The van der Waals surface area contributed by atoms with Crippen molar-refractivity contribution < 1.29 is 9.53 Å². The van der Waals surface area contributed by atoms with E-state index in [9.17, 15) is 4.79 Å². The molecule has 0 bridgehead atoms. The number of carbonyl (C=O) groups is 1. The lowest BCUT2D eigenvalue weighted by molar-refractivity contribution is -0.175. The number of amides is 1. The molecule has 5 heteroatoms. The van der Waals surface area contributed by atoms with E-state index in [-0.39, 0.29) is 23.3 Å². The topological polar surface area (TPSA) is 64.3 Å². The molecule has 1 aliphatic heterocycles. The number of nitrogens with one attached hydrogen (secondary N) is 1. The molecule has 3 rings (SSSR count). The molecule has 2 aliphatic rings. The molecule has 4 nitrogen and oxygen atoms in total. The summed E-state index contributed by atoms with van der Waals surface area (Å²) < 4.78 is 5.71. The van der Waals surface area contributed by atoms with E-state index in [1.54, 1.807) is 0 Å². The SMILES string of the molecule is CC1(C)C2OCCC2C1(N)C(=O)NCc1ccc(Cl)cc1. The molecule has 21 heavy (non-hydrogen) atoms. The normalized spacial score (nSPS) is 33.1. The van der Waals surface area contributed by atoms with Gasteiger partial charge in [0.1, 0.15) is 5.54 Å². The maximum atomic E-state index is 12.6. The molecule has 1 saturated carbocycles. The van der Waals surface area contributed by atoms with Gasteiger partial charge >= 0.3 is 0 Å². The van der Waals surface area contributed by atoms with E-state index >= 15 is 0 Å². The zero-order chi connectivity index (χ0) is 15.3. The van der Waals surface area contributed by atoms with Gasteiger partial charge in [0, 0.05) is 29.5 Å². The average Bonchev–Trinajstić information content (AvgIpc) is 2.93. The van der Waals surface area contributed by atoms with Gasteiger partial charge in [-0.05, 0) is 24.1 Å². The maximum absolute atomic E-state index is 12.6. The molecule has 114 valence electrons. The lowest BCUT2D eigenvalue weighted by Gasteiger charge is -2.60. The largest absolute Gasteiger partial charge is 0.377 e. The van der Waals surface area contributed by atoms with Gasteiger partial charge in [-0.15, -0.1) is 0 Å². The number of halogens is 1. The number of nitrogens with two attached hydrogens (primary N) is 1. The van der Waals surface area contributed by atoms with Crippen LogP contribution in [0.15, 0.2) is 24.3 Å². The molecule has 1 heterocycles. The molecule has 3 N–H and O–H groups in total. The van der Waals surface area contributed by atoms with Crippen molar-refractivity contribution in [1.29, 1.82) is 0 Å². The summed E-state index contributed by atoms with van der Waals surface area (Å²) in [5, 5.41) is 3.65. The first-order chi connectivity index (χ1) is 9.87. The van der Waals surface area contributed by atoms with E-state index in [2.05, 4.69) is 5.32 Å². The van der Waals surface area contributed by atoms with Gasteiger partial charge in [0.15, 0.2) is 0 Å². The number of fused-ring (bicyclic) bond motifs is 1. The lowest BCUT2D eigenvalue weighted by Crippen LogP contribution is -2.80. The van der Waals surface area contributed by atoms with Gasteiger partial charge in [-0.25, -0.2) is 0 Å². The minimum absolute atomic E-state index is 0.0887. The molecule has 1 aliphatic carbocycles. The Balaban J connectivity index is 1.69. The van der Waals surface area contributed by atoms with Crippen LogP contribution in [0.5, 0.6) is 0 Å². The fourth-order valence-corrected chi connectivity index (χ4v) is 3.90. The quantitative estimate of drug-likeness (QED) is 0.899. The van der Waals surface area contributed by atoms with Crippen LogP contribution in [0.25, 0.3) is 0 Å². The van der Waals surface area contributed by atoms with Crippen molar-refractivity contribution in [3.05, 3.63) is 34.9 Å². The van der Waals surface area contributed by atoms with E-state index < -0.39 is 5.54 Å². The molecule has 1 saturated heterocycles. The third kappa shape index (κ3) is 2.08. The van der Waals surface area contributed by atoms with Gasteiger partial charge in [-0.1, -0.05) is 37.6 Å². The Labute approximate surface area is 130 Å². The standard InChI is InChI=1S/C16H21ClN2O2/c1-15(2)13-12(7-8-21-13)16(15,18)14(20)19-9-10-3-5-11(17)6-4-10/h3-6,12-13H,7-9,18H2,1-2H3,(H,19,20). The lowest BCUT2D eigenvalue weighted by atomic mass is 9.48. The highest BCUT2D eigenvalue weighted by molar-refractivity contribution is 6.30. The molecule has 3 unspecified atom stereocenters. The van der Waals surface area contributed by atoms with Crippen molar-refractivity contribution in [3.63, 3.8) is 0 Å². The summed E-state index contributed by atoms with van der Waals surface area (Å²) in [7, 11) is 0. The van der Waals surface area contributed by atoms with Gasteiger partial charge in [0.25, 0.3) is 0 Å². The van der Waals surface area contributed by atoms with Gasteiger partial charge < -0.3 is 15.8 Å². The molecular formula is C16H21ClN2O2. The highest BCUT2D eigenvalue weighted by Crippen LogP contribution is 2.58. The zero-order valence-corrected chi connectivity index (χ0v) is 13.1. The smallest absolute Gasteiger partial charge is 0.241 e. The maximum Gasteiger partial charge on any atom is 0.241 e. The van der Waals surface area contributed by atoms with Crippen molar-refractivity contribution in [2.24, 2.45) is 17.1 Å². The zero-order valence-electron chi connectivity index (χ0n) is 12.4. The van der Waals surface area contributed by atoms with Crippen molar-refractivity contribution in [2.75, 3.05) is 6.61 Å². The Morgan fingerprint density at radius 2 is 2.10 bits per heavy atom. The summed E-state index contributed by atoms with van der Waals surface area (Å²) in [5.41, 5.74) is 6.31. The molecule has 1 aromatic carbocycles. The molecule has 1 aromatic rings. The number of hydrogen-bond acceptors (Lipinski definition) is 3. The Kier molecular flexibility index (Phi) is 3.51. The second-order valence-corrected chi connectivity index (χ2v) is 7.02. The third-order valence-electron chi connectivity index (χ3n) is 5.20. The van der Waals surface area contributed by atoms with Crippen LogP contribution in [0.1, 0.15) is 25.8 Å². The van der Waals surface area contributed by atoms with Crippen LogP contribution in [0, 0.1) is 11.3 Å². The molecular weight excluding hydrogens is 288 g/mol. The van der Waals surface area contributed by atoms with Crippen LogP contribution in [0.2, 0.25) is 5.02 Å². The van der Waals surface area contributed by atoms with Crippen LogP contribution in [0.4, 0.5) is 0 Å². The van der Waals surface area contributed by atoms with E-state index in [1.165, 1.54) is 0 Å². The van der Waals surface area contributed by atoms with E-state index in [0.717, 1.165) is 12.0 Å². The van der Waals surface area contributed by atoms with Crippen LogP contribution >= 0.6 is 11.6 Å². The predicted molar refractivity (Wildman–Crippen MR) is 81.8 cm³/mol. The highest BCUT2D eigenvalue weighted by atomic mass is 35.5. The summed E-state index contributed by atoms with van der Waals surface area (Å²) in [6, 6.07) is 7.43. The third-order valence-corrected chi connectivity index (χ3v) is 5.45. The second-order valence-electron chi connectivity index (χ2n) is 6.59. The molecule has 1 amide bonds. The first-order valence-electron chi connectivity index (χ1n) is 7.30. The second kappa shape index (κ2) is 4.97. The first kappa shape index (κ1) is 14.8. The molecule has 0 aromatic heterocycles. The predicted octanol–water partition coefficient (Wildman–Crippen LogP) is 2.10. The van der Waals surface area contributed by atoms with E-state index in [0.29, 0.717) is 18.2 Å². The Bertz CT molecular complexity index is 558. The fourth-order valence-electron chi connectivity index (χ4n) is 3.78. The Morgan fingerprint density at radius 1 is 1.43 bits per heavy atom. The number of ether oxygens (including phenoxy) is 1. The van der Waals surface area contributed by atoms with Crippen molar-refractivity contribution in [3.8, 4) is 0 Å². The monoisotopic (exact) mass is 308 g/mol. The first-order valence-corrected chi connectivity index (χ1v) is 7.68. The minimum atomic E-state index is -0.847. The van der Waals surface area contributed by atoms with E-state index in [1.807, 2.05) is 38.1 Å². The minimum Gasteiger partial charge on any atom is -0.377 e. The Hall–Kier alpha value is -1.10. The summed E-state index contributed by atoms with van der Waals surface area (Å²) in [6.07, 6.45) is 0.961. The van der Waals surface area contributed by atoms with Crippen molar-refractivity contribution in [2.45, 2.75) is 38.5 Å². The van der Waals surface area contributed by atoms with Crippen LogP contribution in [-0.4, -0.2) is 24.2 Å². The highest BCUT2D eigenvalue weighted by Gasteiger charge is 2.71. The molecule has 3 atom stereocenters. The average molecular weight is 309 g/mol. The summed E-state index contributed by atoms with van der Waals surface area (Å²) >= 11 is 5.86. The molecule has 0 spiro atoms. The van der Waals surface area contributed by atoms with Crippen molar-refractivity contribution in [1.82, 2.24) is 5.32 Å². The summed E-state index contributed by atoms with van der Waals surface area (Å²) in [6.45, 7) is 5.19. The Morgan fingerprint density at radius 3 is 2.76 bits per heavy atom. The van der Waals surface area contributed by atoms with Crippen molar-refractivity contribution >= 4 is 17.5 Å². The summed E-state index contributed by atoms with van der Waals surface area (Å²) in [4.78, 5) is 12.6. The van der Waals surface area contributed by atoms with E-state index in [4.69, 9.17) is 22.1 Å². The molecule has 0 radical (unpaired) electrons. The van der Waals surface area contributed by atoms with Crippen LogP contribution < -0.4 is 11.1 Å². The molecule has 2 fully saturated rings. The number of carbonyl (C=O) groups excluding carboxylic acids is 1.